The lowest BCUT2D eigenvalue weighted by atomic mass is 10.0. The molecule has 0 aliphatic carbocycles. The molecular formula is C21H27NO4S. The van der Waals surface area contributed by atoms with Crippen molar-refractivity contribution >= 4 is 16.0 Å². The molecule has 1 atom stereocenters. The van der Waals surface area contributed by atoms with E-state index in [1.807, 2.05) is 31.2 Å². The molecule has 0 spiro atoms. The zero-order valence-corrected chi connectivity index (χ0v) is 16.9. The highest BCUT2D eigenvalue weighted by Gasteiger charge is 2.32. The molecule has 27 heavy (non-hydrogen) atoms. The van der Waals surface area contributed by atoms with Gasteiger partial charge in [-0.1, -0.05) is 55.3 Å². The molecule has 2 rings (SSSR count). The molecule has 6 heteroatoms. The fraction of sp³-hybridized carbons (Fsp3) is 0.381. The van der Waals surface area contributed by atoms with Gasteiger partial charge in [-0.2, -0.15) is 4.31 Å². The van der Waals surface area contributed by atoms with Gasteiger partial charge in [-0.15, -0.1) is 0 Å². The van der Waals surface area contributed by atoms with Crippen molar-refractivity contribution < 1.29 is 18.3 Å². The Balaban J connectivity index is 2.21. The van der Waals surface area contributed by atoms with Gasteiger partial charge in [-0.05, 0) is 49.4 Å². The molecule has 0 saturated heterocycles. The molecule has 0 bridgehead atoms. The van der Waals surface area contributed by atoms with Gasteiger partial charge in [0.25, 0.3) is 0 Å². The van der Waals surface area contributed by atoms with Crippen LogP contribution in [0.2, 0.25) is 0 Å². The molecule has 5 nitrogen and oxygen atoms in total. The van der Waals surface area contributed by atoms with Gasteiger partial charge < -0.3 is 5.11 Å². The minimum absolute atomic E-state index is 0.0942. The van der Waals surface area contributed by atoms with E-state index in [9.17, 15) is 18.3 Å². The van der Waals surface area contributed by atoms with E-state index in [0.29, 0.717) is 0 Å². The molecule has 0 fully saturated rings. The molecule has 146 valence electrons. The predicted octanol–water partition coefficient (Wildman–Crippen LogP) is 3.65. The summed E-state index contributed by atoms with van der Waals surface area (Å²) in [5, 5.41) is 9.62. The summed E-state index contributed by atoms with van der Waals surface area (Å²) in [6.07, 6.45) is 3.32. The number of hydrogen-bond acceptors (Lipinski definition) is 3. The fourth-order valence-corrected chi connectivity index (χ4v) is 4.17. The summed E-state index contributed by atoms with van der Waals surface area (Å²) in [5.74, 6) is -1.16. The normalized spacial score (nSPS) is 12.9. The van der Waals surface area contributed by atoms with Crippen LogP contribution in [-0.4, -0.2) is 36.9 Å². The largest absolute Gasteiger partial charge is 0.480 e. The lowest BCUT2D eigenvalue weighted by Crippen LogP contribution is -2.43. The number of carboxylic acid groups (broad SMARTS) is 1. The van der Waals surface area contributed by atoms with E-state index in [4.69, 9.17) is 0 Å². The Morgan fingerprint density at radius 3 is 2.11 bits per heavy atom. The Morgan fingerprint density at radius 1 is 1.04 bits per heavy atom. The molecule has 2 aromatic carbocycles. The van der Waals surface area contributed by atoms with Crippen LogP contribution in [0.3, 0.4) is 0 Å². The smallest absolute Gasteiger partial charge is 0.322 e. The number of aliphatic carboxylic acids is 1. The number of carbonyl (C=O) groups is 1. The molecule has 0 aliphatic heterocycles. The first-order chi connectivity index (χ1) is 12.8. The zero-order chi connectivity index (χ0) is 20.0. The zero-order valence-electron chi connectivity index (χ0n) is 16.1. The van der Waals surface area contributed by atoms with Gasteiger partial charge in [-0.25, -0.2) is 8.42 Å². The summed E-state index contributed by atoms with van der Waals surface area (Å²) in [6.45, 7) is 4.00. The summed E-state index contributed by atoms with van der Waals surface area (Å²) >= 11 is 0. The Labute approximate surface area is 161 Å². The van der Waals surface area contributed by atoms with Crippen molar-refractivity contribution in [3.8, 4) is 0 Å². The molecule has 0 amide bonds. The van der Waals surface area contributed by atoms with Crippen LogP contribution in [0.5, 0.6) is 0 Å². The average molecular weight is 390 g/mol. The van der Waals surface area contributed by atoms with Crippen molar-refractivity contribution in [2.24, 2.45) is 0 Å². The second kappa shape index (κ2) is 9.15. The van der Waals surface area contributed by atoms with Crippen molar-refractivity contribution in [2.45, 2.75) is 50.5 Å². The topological polar surface area (TPSA) is 74.7 Å². The maximum atomic E-state index is 12.8. The highest BCUT2D eigenvalue weighted by molar-refractivity contribution is 7.89. The van der Waals surface area contributed by atoms with Gasteiger partial charge in [-0.3, -0.25) is 4.79 Å². The molecule has 1 N–H and O–H groups in total. The van der Waals surface area contributed by atoms with E-state index in [2.05, 4.69) is 6.92 Å². The van der Waals surface area contributed by atoms with Crippen LogP contribution in [-0.2, 0) is 27.7 Å². The van der Waals surface area contributed by atoms with Gasteiger partial charge in [0.15, 0.2) is 0 Å². The molecule has 0 saturated carbocycles. The first kappa shape index (κ1) is 21.1. The SMILES string of the molecule is CCCCc1ccc(C[C@@H](C(=O)O)N(C)S(=O)(=O)c2ccc(C)cc2)cc1. The molecule has 2 aromatic rings. The Morgan fingerprint density at radius 2 is 1.59 bits per heavy atom. The maximum Gasteiger partial charge on any atom is 0.322 e. The number of benzene rings is 2. The van der Waals surface area contributed by atoms with Gasteiger partial charge >= 0.3 is 5.97 Å². The summed E-state index contributed by atoms with van der Waals surface area (Å²) in [4.78, 5) is 11.9. The van der Waals surface area contributed by atoms with Crippen LogP contribution in [0.15, 0.2) is 53.4 Å². The predicted molar refractivity (Wildman–Crippen MR) is 106 cm³/mol. The summed E-state index contributed by atoms with van der Waals surface area (Å²) in [6, 6.07) is 13.0. The quantitative estimate of drug-likeness (QED) is 0.710. The van der Waals surface area contributed by atoms with Gasteiger partial charge in [0.05, 0.1) is 4.90 Å². The minimum Gasteiger partial charge on any atom is -0.480 e. The van der Waals surface area contributed by atoms with Crippen molar-refractivity contribution in [2.75, 3.05) is 7.05 Å². The van der Waals surface area contributed by atoms with Crippen LogP contribution in [0.25, 0.3) is 0 Å². The number of carboxylic acids is 1. The minimum atomic E-state index is -3.89. The summed E-state index contributed by atoms with van der Waals surface area (Å²) < 4.78 is 26.6. The van der Waals surface area contributed by atoms with Crippen molar-refractivity contribution in [1.29, 1.82) is 0 Å². The third kappa shape index (κ3) is 5.40. The Kier molecular flexibility index (Phi) is 7.16. The monoisotopic (exact) mass is 389 g/mol. The number of unbranched alkanes of at least 4 members (excludes halogenated alkanes) is 1. The van der Waals surface area contributed by atoms with E-state index in [0.717, 1.165) is 34.7 Å². The average Bonchev–Trinajstić information content (AvgIpc) is 2.65. The molecule has 0 radical (unpaired) electrons. The number of nitrogens with zero attached hydrogens (tertiary/aromatic N) is 1. The maximum absolute atomic E-state index is 12.8. The van der Waals surface area contributed by atoms with Crippen LogP contribution >= 0.6 is 0 Å². The molecule has 0 aliphatic rings. The fourth-order valence-electron chi connectivity index (χ4n) is 2.86. The first-order valence-corrected chi connectivity index (χ1v) is 10.5. The molecular weight excluding hydrogens is 362 g/mol. The highest BCUT2D eigenvalue weighted by atomic mass is 32.2. The molecule has 0 unspecified atom stereocenters. The van der Waals surface area contributed by atoms with E-state index in [1.165, 1.54) is 24.7 Å². The number of aryl methyl sites for hydroxylation is 2. The van der Waals surface area contributed by atoms with E-state index in [1.54, 1.807) is 12.1 Å². The van der Waals surface area contributed by atoms with Gasteiger partial charge in [0, 0.05) is 7.05 Å². The second-order valence-corrected chi connectivity index (χ2v) is 8.81. The van der Waals surface area contributed by atoms with E-state index < -0.39 is 22.0 Å². The Hall–Kier alpha value is -2.18. The van der Waals surface area contributed by atoms with Crippen LogP contribution in [0.1, 0.15) is 36.5 Å². The van der Waals surface area contributed by atoms with Crippen LogP contribution in [0, 0.1) is 6.92 Å². The third-order valence-corrected chi connectivity index (χ3v) is 6.57. The van der Waals surface area contributed by atoms with E-state index >= 15 is 0 Å². The number of likely N-dealkylation sites (N-methyl/N-ethyl adjacent to an activating group) is 1. The van der Waals surface area contributed by atoms with Gasteiger partial charge in [0.1, 0.15) is 6.04 Å². The lowest BCUT2D eigenvalue weighted by molar-refractivity contribution is -0.141. The van der Waals surface area contributed by atoms with Crippen molar-refractivity contribution in [3.05, 3.63) is 65.2 Å². The Bertz CT molecular complexity index is 858. The number of rotatable bonds is 9. The highest BCUT2D eigenvalue weighted by Crippen LogP contribution is 2.20. The van der Waals surface area contributed by atoms with Crippen LogP contribution < -0.4 is 0 Å². The molecule has 0 heterocycles. The second-order valence-electron chi connectivity index (χ2n) is 6.81. The third-order valence-electron chi connectivity index (χ3n) is 4.69. The summed E-state index contributed by atoms with van der Waals surface area (Å²) in [5.41, 5.74) is 2.94. The van der Waals surface area contributed by atoms with E-state index in [-0.39, 0.29) is 11.3 Å². The van der Waals surface area contributed by atoms with Crippen molar-refractivity contribution in [1.82, 2.24) is 4.31 Å². The van der Waals surface area contributed by atoms with Crippen molar-refractivity contribution in [3.63, 3.8) is 0 Å². The molecule has 0 aromatic heterocycles. The number of hydrogen-bond donors (Lipinski definition) is 1. The summed E-state index contributed by atoms with van der Waals surface area (Å²) in [7, 11) is -2.56. The lowest BCUT2D eigenvalue weighted by Gasteiger charge is -2.24. The standard InChI is InChI=1S/C21H27NO4S/c1-4-5-6-17-9-11-18(12-10-17)15-20(21(23)24)22(3)27(25,26)19-13-7-16(2)8-14-19/h7-14,20H,4-6,15H2,1-3H3,(H,23,24)/t20-/m0/s1. The number of sulfonamides is 1. The first-order valence-electron chi connectivity index (χ1n) is 9.11. The van der Waals surface area contributed by atoms with Crippen LogP contribution in [0.4, 0.5) is 0 Å². The van der Waals surface area contributed by atoms with Gasteiger partial charge in [0.2, 0.25) is 10.0 Å².